The molecule has 30 heavy (non-hydrogen) atoms. The van der Waals surface area contributed by atoms with Crippen LogP contribution in [0.2, 0.25) is 0 Å². The van der Waals surface area contributed by atoms with Gasteiger partial charge in [0.15, 0.2) is 6.61 Å². The largest absolute Gasteiger partial charge is 0.452 e. The Bertz CT molecular complexity index is 1100. The van der Waals surface area contributed by atoms with E-state index >= 15 is 0 Å². The number of aryl methyl sites for hydroxylation is 1. The number of hydrogen-bond acceptors (Lipinski definition) is 4. The minimum atomic E-state index is -0.531. The molecule has 3 aromatic rings. The van der Waals surface area contributed by atoms with E-state index < -0.39 is 11.9 Å². The second-order valence-electron chi connectivity index (χ2n) is 7.17. The molecule has 1 aromatic heterocycles. The Labute approximate surface area is 174 Å². The van der Waals surface area contributed by atoms with E-state index in [1.807, 2.05) is 35.8 Å². The minimum absolute atomic E-state index is 0.114. The number of nitrogens with zero attached hydrogens (tertiary/aromatic N) is 2. The highest BCUT2D eigenvalue weighted by molar-refractivity contribution is 6.05. The fourth-order valence-corrected chi connectivity index (χ4v) is 3.72. The molecule has 0 spiro atoms. The summed E-state index contributed by atoms with van der Waals surface area (Å²) in [4.78, 5) is 38.3. The molecular weight excluding hydrogens is 382 g/mol. The molecule has 2 heterocycles. The lowest BCUT2D eigenvalue weighted by Gasteiger charge is -2.16. The molecule has 7 nitrogen and oxygen atoms in total. The van der Waals surface area contributed by atoms with Gasteiger partial charge in [-0.3, -0.25) is 9.59 Å². The van der Waals surface area contributed by atoms with Crippen LogP contribution in [0.15, 0.2) is 54.7 Å². The summed E-state index contributed by atoms with van der Waals surface area (Å²) in [6.45, 7) is 3.07. The molecule has 1 N–H and O–H groups in total. The minimum Gasteiger partial charge on any atom is -0.452 e. The zero-order chi connectivity index (χ0) is 21.1. The van der Waals surface area contributed by atoms with Crippen LogP contribution in [0.3, 0.4) is 0 Å². The molecule has 0 radical (unpaired) electrons. The number of anilines is 2. The maximum absolute atomic E-state index is 12.5. The van der Waals surface area contributed by atoms with Crippen molar-refractivity contribution in [2.45, 2.75) is 26.3 Å². The molecule has 0 aliphatic carbocycles. The average Bonchev–Trinajstić information content (AvgIpc) is 3.36. The molecule has 1 aliphatic rings. The van der Waals surface area contributed by atoms with Crippen molar-refractivity contribution in [2.75, 3.05) is 23.4 Å². The standard InChI is InChI=1S/C23H23N3O4/c1-2-25-14-19(18-6-3-4-7-20(18)25)23(29)30-15-21(27)24-16-9-11-17(12-10-16)26-13-5-8-22(26)28/h3-4,6-7,9-12,14H,2,5,8,13,15H2,1H3,(H,24,27). The van der Waals surface area contributed by atoms with Gasteiger partial charge in [-0.15, -0.1) is 0 Å². The SMILES string of the molecule is CCn1cc(C(=O)OCC(=O)Nc2ccc(N3CCCC3=O)cc2)c2ccccc21. The molecule has 2 aromatic carbocycles. The van der Waals surface area contributed by atoms with Gasteiger partial charge < -0.3 is 19.5 Å². The Balaban J connectivity index is 1.36. The maximum atomic E-state index is 12.5. The maximum Gasteiger partial charge on any atom is 0.340 e. The highest BCUT2D eigenvalue weighted by Crippen LogP contribution is 2.24. The number of fused-ring (bicyclic) bond motifs is 1. The van der Waals surface area contributed by atoms with Crippen LogP contribution in [0, 0.1) is 0 Å². The summed E-state index contributed by atoms with van der Waals surface area (Å²) in [5.74, 6) is -0.841. The van der Waals surface area contributed by atoms with Crippen molar-refractivity contribution < 1.29 is 19.1 Å². The number of carbonyl (C=O) groups is 3. The quantitative estimate of drug-likeness (QED) is 0.636. The molecule has 0 unspecified atom stereocenters. The van der Waals surface area contributed by atoms with Crippen LogP contribution >= 0.6 is 0 Å². The molecule has 154 valence electrons. The highest BCUT2D eigenvalue weighted by atomic mass is 16.5. The first kappa shape index (κ1) is 19.7. The summed E-state index contributed by atoms with van der Waals surface area (Å²) in [5, 5.41) is 3.51. The lowest BCUT2D eigenvalue weighted by Crippen LogP contribution is -2.23. The summed E-state index contributed by atoms with van der Waals surface area (Å²) in [5.41, 5.74) is 2.79. The van der Waals surface area contributed by atoms with Gasteiger partial charge in [-0.05, 0) is 43.7 Å². The number of amides is 2. The fraction of sp³-hybridized carbons (Fsp3) is 0.261. The summed E-state index contributed by atoms with van der Waals surface area (Å²) in [6.07, 6.45) is 3.18. The molecule has 1 saturated heterocycles. The average molecular weight is 405 g/mol. The van der Waals surface area contributed by atoms with Crippen LogP contribution in [0.4, 0.5) is 11.4 Å². The van der Waals surface area contributed by atoms with Crippen LogP contribution in [-0.2, 0) is 20.9 Å². The van der Waals surface area contributed by atoms with Crippen molar-refractivity contribution in [1.29, 1.82) is 0 Å². The van der Waals surface area contributed by atoms with E-state index in [-0.39, 0.29) is 12.5 Å². The van der Waals surface area contributed by atoms with E-state index in [2.05, 4.69) is 5.32 Å². The third-order valence-corrected chi connectivity index (χ3v) is 5.22. The molecule has 2 amide bonds. The second kappa shape index (κ2) is 8.41. The predicted molar refractivity (Wildman–Crippen MR) is 115 cm³/mol. The topological polar surface area (TPSA) is 80.6 Å². The third-order valence-electron chi connectivity index (χ3n) is 5.22. The van der Waals surface area contributed by atoms with E-state index in [1.54, 1.807) is 35.4 Å². The predicted octanol–water partition coefficient (Wildman–Crippen LogP) is 3.58. The zero-order valence-corrected chi connectivity index (χ0v) is 16.8. The molecular formula is C23H23N3O4. The number of carbonyl (C=O) groups excluding carboxylic acids is 3. The summed E-state index contributed by atoms with van der Waals surface area (Å²) in [7, 11) is 0. The van der Waals surface area contributed by atoms with E-state index in [0.717, 1.165) is 36.1 Å². The number of ether oxygens (including phenoxy) is 1. The van der Waals surface area contributed by atoms with Gasteiger partial charge in [0.2, 0.25) is 5.91 Å². The van der Waals surface area contributed by atoms with Crippen LogP contribution in [0.5, 0.6) is 0 Å². The van der Waals surface area contributed by atoms with Gasteiger partial charge in [0, 0.05) is 48.0 Å². The summed E-state index contributed by atoms with van der Waals surface area (Å²) >= 11 is 0. The molecule has 1 fully saturated rings. The highest BCUT2D eigenvalue weighted by Gasteiger charge is 2.21. The van der Waals surface area contributed by atoms with E-state index in [4.69, 9.17) is 4.74 Å². The molecule has 0 saturated carbocycles. The number of esters is 1. The van der Waals surface area contributed by atoms with Crippen LogP contribution in [0.25, 0.3) is 10.9 Å². The Morgan fingerprint density at radius 3 is 2.57 bits per heavy atom. The second-order valence-corrected chi connectivity index (χ2v) is 7.17. The molecule has 4 rings (SSSR count). The molecule has 0 atom stereocenters. The Kier molecular flexibility index (Phi) is 5.52. The Hall–Kier alpha value is -3.61. The van der Waals surface area contributed by atoms with Crippen molar-refractivity contribution >= 4 is 40.1 Å². The van der Waals surface area contributed by atoms with Gasteiger partial charge in [0.25, 0.3) is 5.91 Å². The van der Waals surface area contributed by atoms with Gasteiger partial charge in [0.05, 0.1) is 5.56 Å². The number of aromatic nitrogens is 1. The van der Waals surface area contributed by atoms with Crippen LogP contribution in [0.1, 0.15) is 30.1 Å². The summed E-state index contributed by atoms with van der Waals surface area (Å²) in [6, 6.07) is 14.7. The van der Waals surface area contributed by atoms with E-state index in [1.165, 1.54) is 0 Å². The van der Waals surface area contributed by atoms with Crippen molar-refractivity contribution in [3.8, 4) is 0 Å². The first-order valence-corrected chi connectivity index (χ1v) is 10.0. The first-order chi connectivity index (χ1) is 14.6. The Morgan fingerprint density at radius 1 is 1.10 bits per heavy atom. The zero-order valence-electron chi connectivity index (χ0n) is 16.8. The number of para-hydroxylation sites is 1. The normalized spacial score (nSPS) is 13.6. The molecule has 7 heteroatoms. The van der Waals surface area contributed by atoms with Gasteiger partial charge in [-0.2, -0.15) is 0 Å². The number of rotatable bonds is 6. The van der Waals surface area contributed by atoms with Crippen LogP contribution in [-0.4, -0.2) is 35.5 Å². The van der Waals surface area contributed by atoms with Crippen molar-refractivity contribution in [3.05, 3.63) is 60.3 Å². The number of hydrogen-bond donors (Lipinski definition) is 1. The van der Waals surface area contributed by atoms with E-state index in [9.17, 15) is 14.4 Å². The molecule has 1 aliphatic heterocycles. The van der Waals surface area contributed by atoms with Gasteiger partial charge >= 0.3 is 5.97 Å². The lowest BCUT2D eigenvalue weighted by atomic mass is 10.2. The van der Waals surface area contributed by atoms with Gasteiger partial charge in [-0.1, -0.05) is 18.2 Å². The van der Waals surface area contributed by atoms with E-state index in [0.29, 0.717) is 17.7 Å². The van der Waals surface area contributed by atoms with Gasteiger partial charge in [-0.25, -0.2) is 4.79 Å². The van der Waals surface area contributed by atoms with Crippen molar-refractivity contribution in [1.82, 2.24) is 4.57 Å². The smallest absolute Gasteiger partial charge is 0.340 e. The van der Waals surface area contributed by atoms with Crippen LogP contribution < -0.4 is 10.2 Å². The first-order valence-electron chi connectivity index (χ1n) is 10.0. The Morgan fingerprint density at radius 2 is 1.87 bits per heavy atom. The lowest BCUT2D eigenvalue weighted by molar-refractivity contribution is -0.119. The third kappa shape index (κ3) is 3.91. The number of nitrogens with one attached hydrogen (secondary N) is 1. The van der Waals surface area contributed by atoms with Gasteiger partial charge in [0.1, 0.15) is 0 Å². The monoisotopic (exact) mass is 405 g/mol. The van der Waals surface area contributed by atoms with Crippen molar-refractivity contribution in [3.63, 3.8) is 0 Å². The van der Waals surface area contributed by atoms with Crippen molar-refractivity contribution in [2.24, 2.45) is 0 Å². The summed E-state index contributed by atoms with van der Waals surface area (Å²) < 4.78 is 7.20. The molecule has 0 bridgehead atoms. The number of benzene rings is 2. The fourth-order valence-electron chi connectivity index (χ4n) is 3.72.